The van der Waals surface area contributed by atoms with Crippen molar-refractivity contribution in [3.63, 3.8) is 0 Å². The molecule has 9 nitrogen and oxygen atoms in total. The molecule has 35 heavy (non-hydrogen) atoms. The van der Waals surface area contributed by atoms with E-state index in [2.05, 4.69) is 15.2 Å². The molecule has 1 aromatic heterocycles. The van der Waals surface area contributed by atoms with Gasteiger partial charge in [-0.05, 0) is 36.5 Å². The van der Waals surface area contributed by atoms with Crippen LogP contribution >= 0.6 is 11.6 Å². The van der Waals surface area contributed by atoms with Crippen LogP contribution in [0.25, 0.3) is 0 Å². The van der Waals surface area contributed by atoms with Gasteiger partial charge in [0.05, 0.1) is 17.1 Å². The number of amides is 3. The number of nitrogens with two attached hydrogens (primary N) is 1. The summed E-state index contributed by atoms with van der Waals surface area (Å²) >= 11 is 6.53. The molecule has 186 valence electrons. The van der Waals surface area contributed by atoms with Crippen molar-refractivity contribution >= 4 is 41.0 Å². The highest BCUT2D eigenvalue weighted by molar-refractivity contribution is 6.33. The Labute approximate surface area is 209 Å². The Hall–Kier alpha value is -3.33. The van der Waals surface area contributed by atoms with Crippen molar-refractivity contribution in [1.29, 1.82) is 0 Å². The number of ether oxygens (including phenoxy) is 1. The molecular weight excluding hydrogens is 470 g/mol. The third-order valence-corrected chi connectivity index (χ3v) is 6.74. The van der Waals surface area contributed by atoms with E-state index in [1.54, 1.807) is 17.2 Å². The molecule has 2 aromatic rings. The van der Waals surface area contributed by atoms with Gasteiger partial charge in [-0.1, -0.05) is 43.6 Å². The number of hydrogen-bond donors (Lipinski definition) is 2. The van der Waals surface area contributed by atoms with Gasteiger partial charge in [0.1, 0.15) is 18.5 Å². The number of rotatable bonds is 7. The molecule has 4 rings (SSSR count). The number of anilines is 2. The first-order valence-electron chi connectivity index (χ1n) is 11.8. The lowest BCUT2D eigenvalue weighted by molar-refractivity contribution is -0.127. The molecule has 3 amide bonds. The van der Waals surface area contributed by atoms with Crippen molar-refractivity contribution in [3.05, 3.63) is 52.7 Å². The van der Waals surface area contributed by atoms with Crippen molar-refractivity contribution in [3.8, 4) is 0 Å². The molecule has 0 radical (unpaired) electrons. The van der Waals surface area contributed by atoms with Gasteiger partial charge in [-0.25, -0.2) is 9.78 Å². The van der Waals surface area contributed by atoms with Crippen LogP contribution in [0.15, 0.2) is 36.5 Å². The zero-order valence-electron chi connectivity index (χ0n) is 19.9. The lowest BCUT2D eigenvalue weighted by Crippen LogP contribution is -2.49. The van der Waals surface area contributed by atoms with Gasteiger partial charge in [-0.2, -0.15) is 0 Å². The molecule has 0 spiro atoms. The molecule has 1 atom stereocenters. The third kappa shape index (κ3) is 5.51. The Morgan fingerprint density at radius 3 is 2.63 bits per heavy atom. The maximum Gasteiger partial charge on any atom is 0.414 e. The topological polar surface area (TPSA) is 118 Å². The summed E-state index contributed by atoms with van der Waals surface area (Å²) in [6, 6.07) is 8.84. The Bertz CT molecular complexity index is 1120. The van der Waals surface area contributed by atoms with Crippen LogP contribution in [0.4, 0.5) is 16.3 Å². The molecule has 1 saturated heterocycles. The molecule has 0 saturated carbocycles. The number of primary amides is 1. The first-order valence-corrected chi connectivity index (χ1v) is 12.1. The monoisotopic (exact) mass is 499 g/mol. The molecule has 0 aliphatic carbocycles. The van der Waals surface area contributed by atoms with Crippen molar-refractivity contribution in [2.45, 2.75) is 51.8 Å². The van der Waals surface area contributed by atoms with Gasteiger partial charge in [-0.15, -0.1) is 0 Å². The van der Waals surface area contributed by atoms with Gasteiger partial charge >= 0.3 is 6.09 Å². The van der Waals surface area contributed by atoms with Crippen molar-refractivity contribution < 1.29 is 19.1 Å². The second-order valence-electron chi connectivity index (χ2n) is 9.29. The summed E-state index contributed by atoms with van der Waals surface area (Å²) in [7, 11) is 0. The summed E-state index contributed by atoms with van der Waals surface area (Å²) in [6.45, 7) is 5.29. The fourth-order valence-electron chi connectivity index (χ4n) is 4.63. The average Bonchev–Trinajstić information content (AvgIpc) is 2.82. The summed E-state index contributed by atoms with van der Waals surface area (Å²) in [5.41, 5.74) is 7.94. The van der Waals surface area contributed by atoms with E-state index in [9.17, 15) is 14.4 Å². The van der Waals surface area contributed by atoms with Gasteiger partial charge in [-0.3, -0.25) is 14.5 Å². The number of benzene rings is 1. The summed E-state index contributed by atoms with van der Waals surface area (Å²) in [4.78, 5) is 44.8. The van der Waals surface area contributed by atoms with Gasteiger partial charge in [0.2, 0.25) is 11.8 Å². The van der Waals surface area contributed by atoms with E-state index < -0.39 is 11.9 Å². The number of nitrogens with zero attached hydrogens (tertiary/aromatic N) is 3. The van der Waals surface area contributed by atoms with Crippen molar-refractivity contribution in [1.82, 2.24) is 10.3 Å². The summed E-state index contributed by atoms with van der Waals surface area (Å²) in [5, 5.41) is 3.12. The highest BCUT2D eigenvalue weighted by atomic mass is 35.5. The van der Waals surface area contributed by atoms with Gasteiger partial charge in [0.25, 0.3) is 0 Å². The van der Waals surface area contributed by atoms with E-state index in [0.717, 1.165) is 24.1 Å². The minimum atomic E-state index is -0.726. The van der Waals surface area contributed by atoms with E-state index >= 15 is 0 Å². The van der Waals surface area contributed by atoms with Crippen LogP contribution in [0.1, 0.15) is 37.8 Å². The Morgan fingerprint density at radius 2 is 1.97 bits per heavy atom. The second-order valence-corrected chi connectivity index (χ2v) is 9.70. The van der Waals surface area contributed by atoms with E-state index in [0.29, 0.717) is 36.1 Å². The van der Waals surface area contributed by atoms with Crippen LogP contribution in [-0.4, -0.2) is 48.1 Å². The minimum Gasteiger partial charge on any atom is -0.444 e. The van der Waals surface area contributed by atoms with Crippen LogP contribution < -0.4 is 20.9 Å². The fraction of sp³-hybridized carbons (Fsp3) is 0.440. The van der Waals surface area contributed by atoms with Crippen LogP contribution in [0, 0.1) is 5.92 Å². The number of piperidine rings is 1. The smallest absolute Gasteiger partial charge is 0.414 e. The van der Waals surface area contributed by atoms with Crippen LogP contribution in [-0.2, 0) is 27.4 Å². The normalized spacial score (nSPS) is 17.1. The predicted molar refractivity (Wildman–Crippen MR) is 133 cm³/mol. The van der Waals surface area contributed by atoms with Gasteiger partial charge < -0.3 is 20.7 Å². The average molecular weight is 500 g/mol. The van der Waals surface area contributed by atoms with Crippen LogP contribution in [0.2, 0.25) is 5.02 Å². The number of nitrogens with one attached hydrogen (secondary N) is 1. The molecule has 2 aliphatic rings. The van der Waals surface area contributed by atoms with E-state index in [4.69, 9.17) is 22.1 Å². The van der Waals surface area contributed by atoms with Gasteiger partial charge in [0, 0.05) is 30.9 Å². The summed E-state index contributed by atoms with van der Waals surface area (Å²) in [5.74, 6) is -0.344. The predicted octanol–water partition coefficient (Wildman–Crippen LogP) is 3.03. The molecule has 10 heteroatoms. The number of carbonyl (C=O) groups is 3. The second kappa shape index (κ2) is 10.5. The molecule has 2 aliphatic heterocycles. The maximum absolute atomic E-state index is 12.5. The Kier molecular flexibility index (Phi) is 7.45. The fourth-order valence-corrected chi connectivity index (χ4v) is 4.94. The van der Waals surface area contributed by atoms with E-state index in [-0.39, 0.29) is 30.4 Å². The van der Waals surface area contributed by atoms with Crippen LogP contribution in [0.3, 0.4) is 0 Å². The van der Waals surface area contributed by atoms with E-state index in [1.165, 1.54) is 0 Å². The standard InChI is InChI=1S/C25H30ClN5O4/c1-15(2)22(23(27)33)29-21(32)12-16-11-19(26)24(28-13-16)30-9-7-18(8-10-30)31-20-6-4-3-5-17(20)14-35-25(31)34/h3-6,11,13,15,18,22H,7-10,12,14H2,1-2H3,(H2,27,33)(H,29,32)/t22-/m0/s1. The molecule has 0 bridgehead atoms. The van der Waals surface area contributed by atoms with Crippen molar-refractivity contribution in [2.75, 3.05) is 22.9 Å². The summed E-state index contributed by atoms with van der Waals surface area (Å²) < 4.78 is 5.38. The minimum absolute atomic E-state index is 0.0288. The molecule has 3 N–H and O–H groups in total. The quantitative estimate of drug-likeness (QED) is 0.604. The largest absolute Gasteiger partial charge is 0.444 e. The number of halogens is 1. The number of fused-ring (bicyclic) bond motifs is 1. The first-order chi connectivity index (χ1) is 16.7. The zero-order chi connectivity index (χ0) is 25.1. The maximum atomic E-state index is 12.5. The number of cyclic esters (lactones) is 1. The molecule has 1 fully saturated rings. The van der Waals surface area contributed by atoms with Crippen molar-refractivity contribution in [2.24, 2.45) is 11.7 Å². The lowest BCUT2D eigenvalue weighted by atomic mass is 10.0. The molecule has 3 heterocycles. The molecule has 0 unspecified atom stereocenters. The van der Waals surface area contributed by atoms with Gasteiger partial charge in [0.15, 0.2) is 0 Å². The summed E-state index contributed by atoms with van der Waals surface area (Å²) in [6.07, 6.45) is 2.85. The molecule has 1 aromatic carbocycles. The molecular formula is C25H30ClN5O4. The number of para-hydroxylation sites is 1. The first kappa shape index (κ1) is 24.8. The highest BCUT2D eigenvalue weighted by Gasteiger charge is 2.34. The number of aromatic nitrogens is 1. The Morgan fingerprint density at radius 1 is 1.26 bits per heavy atom. The lowest BCUT2D eigenvalue weighted by Gasteiger charge is -2.40. The highest BCUT2D eigenvalue weighted by Crippen LogP contribution is 2.33. The zero-order valence-corrected chi connectivity index (χ0v) is 20.6. The van der Waals surface area contributed by atoms with Crippen LogP contribution in [0.5, 0.6) is 0 Å². The Balaban J connectivity index is 1.38. The third-order valence-electron chi connectivity index (χ3n) is 6.46. The number of carbonyl (C=O) groups excluding carboxylic acids is 3. The SMILES string of the molecule is CC(C)[C@H](NC(=O)Cc1cnc(N2CCC(N3C(=O)OCc4ccccc43)CC2)c(Cl)c1)C(N)=O. The number of pyridine rings is 1. The van der Waals surface area contributed by atoms with E-state index in [1.807, 2.05) is 38.1 Å². The number of hydrogen-bond acceptors (Lipinski definition) is 6.